The molecule has 1 N–H and O–H groups in total. The number of carbonyl (C=O) groups is 2. The topological polar surface area (TPSA) is 71.0 Å². The molecule has 168 valence electrons. The molecule has 0 radical (unpaired) electrons. The molecule has 2 aromatic carbocycles. The third-order valence-electron chi connectivity index (χ3n) is 4.66. The summed E-state index contributed by atoms with van der Waals surface area (Å²) in [6.45, 7) is 8.03. The average molecular weight is 452 g/mol. The second kappa shape index (κ2) is 10.0. The van der Waals surface area contributed by atoms with Crippen LogP contribution in [-0.2, 0) is 16.1 Å². The normalized spacial score (nSPS) is 16.2. The molecule has 6 nitrogen and oxygen atoms in total. The summed E-state index contributed by atoms with van der Waals surface area (Å²) in [5.74, 6) is 0.467. The smallest absolute Gasteiger partial charge is 0.278 e. The first-order chi connectivity index (χ1) is 15.2. The van der Waals surface area contributed by atoms with Crippen LogP contribution in [0.4, 0.5) is 0 Å². The number of thioether (sulfide) groups is 1. The fourth-order valence-electron chi connectivity index (χ4n) is 3.07. The van der Waals surface area contributed by atoms with Crippen LogP contribution in [0.1, 0.15) is 38.8 Å². The van der Waals surface area contributed by atoms with Crippen molar-refractivity contribution in [3.05, 3.63) is 71.4 Å². The van der Waals surface area contributed by atoms with Gasteiger partial charge in [-0.25, -0.2) is 4.99 Å². The van der Waals surface area contributed by atoms with E-state index in [1.54, 1.807) is 18.1 Å². The SMILES string of the molecule is COc1ccc(/C=C2\N=C(SC(C)C(=O)NC(C)(C)C)N(Cc3ccccc3)C2=O)cc1. The number of rotatable bonds is 6. The number of benzene rings is 2. The number of aliphatic imine (C=N–C) groups is 1. The van der Waals surface area contributed by atoms with E-state index in [2.05, 4.69) is 10.3 Å². The van der Waals surface area contributed by atoms with Gasteiger partial charge in [0.1, 0.15) is 11.4 Å². The molecule has 0 bridgehead atoms. The minimum Gasteiger partial charge on any atom is -0.497 e. The van der Waals surface area contributed by atoms with E-state index in [9.17, 15) is 9.59 Å². The lowest BCUT2D eigenvalue weighted by Gasteiger charge is -2.24. The summed E-state index contributed by atoms with van der Waals surface area (Å²) < 4.78 is 5.20. The van der Waals surface area contributed by atoms with Crippen LogP contribution in [-0.4, -0.2) is 39.8 Å². The fraction of sp³-hybridized carbons (Fsp3) is 0.320. The van der Waals surface area contributed by atoms with Crippen molar-refractivity contribution in [3.8, 4) is 5.75 Å². The van der Waals surface area contributed by atoms with E-state index >= 15 is 0 Å². The van der Waals surface area contributed by atoms with Gasteiger partial charge in [-0.1, -0.05) is 54.2 Å². The Morgan fingerprint density at radius 3 is 2.41 bits per heavy atom. The predicted molar refractivity (Wildman–Crippen MR) is 130 cm³/mol. The summed E-state index contributed by atoms with van der Waals surface area (Å²) in [7, 11) is 1.61. The molecule has 1 aliphatic heterocycles. The van der Waals surface area contributed by atoms with Gasteiger partial charge in [0.05, 0.1) is 18.9 Å². The molecule has 2 amide bonds. The van der Waals surface area contributed by atoms with Crippen molar-refractivity contribution < 1.29 is 14.3 Å². The van der Waals surface area contributed by atoms with Crippen molar-refractivity contribution in [2.45, 2.75) is 45.0 Å². The van der Waals surface area contributed by atoms with Crippen LogP contribution in [0.5, 0.6) is 5.75 Å². The van der Waals surface area contributed by atoms with E-state index < -0.39 is 5.25 Å². The maximum Gasteiger partial charge on any atom is 0.278 e. The minimum absolute atomic E-state index is 0.0927. The molecule has 1 aliphatic rings. The molecule has 1 atom stereocenters. The van der Waals surface area contributed by atoms with E-state index in [-0.39, 0.29) is 17.4 Å². The van der Waals surface area contributed by atoms with Crippen LogP contribution < -0.4 is 10.1 Å². The number of methoxy groups -OCH3 is 1. The number of amidine groups is 1. The number of carbonyl (C=O) groups excluding carboxylic acids is 2. The van der Waals surface area contributed by atoms with Gasteiger partial charge in [0.25, 0.3) is 5.91 Å². The van der Waals surface area contributed by atoms with Gasteiger partial charge in [-0.05, 0) is 57.0 Å². The van der Waals surface area contributed by atoms with Gasteiger partial charge in [0.15, 0.2) is 5.17 Å². The fourth-order valence-corrected chi connectivity index (χ4v) is 3.97. The van der Waals surface area contributed by atoms with Crippen LogP contribution in [0.15, 0.2) is 65.3 Å². The first-order valence-corrected chi connectivity index (χ1v) is 11.3. The maximum absolute atomic E-state index is 13.2. The molecule has 0 aromatic heterocycles. The van der Waals surface area contributed by atoms with Crippen LogP contribution in [0.2, 0.25) is 0 Å². The highest BCUT2D eigenvalue weighted by Crippen LogP contribution is 2.28. The molecule has 0 saturated heterocycles. The number of amides is 2. The van der Waals surface area contributed by atoms with Gasteiger partial charge in [-0.2, -0.15) is 0 Å². The highest BCUT2D eigenvalue weighted by atomic mass is 32.2. The monoisotopic (exact) mass is 451 g/mol. The molecule has 1 unspecified atom stereocenters. The summed E-state index contributed by atoms with van der Waals surface area (Å²) in [6, 6.07) is 17.2. The number of nitrogens with one attached hydrogen (secondary N) is 1. The third kappa shape index (κ3) is 6.23. The molecule has 0 fully saturated rings. The second-order valence-corrected chi connectivity index (χ2v) is 9.88. The standard InChI is InChI=1S/C25H29N3O3S/c1-17(22(29)27-25(2,3)4)32-24-26-21(15-18-11-13-20(31-5)14-12-18)23(30)28(24)16-19-9-7-6-8-10-19/h6-15,17H,16H2,1-5H3,(H,27,29)/b21-15-. The zero-order valence-corrected chi connectivity index (χ0v) is 19.9. The molecule has 0 saturated carbocycles. The summed E-state index contributed by atoms with van der Waals surface area (Å²) >= 11 is 1.29. The largest absolute Gasteiger partial charge is 0.497 e. The summed E-state index contributed by atoms with van der Waals surface area (Å²) in [4.78, 5) is 32.1. The Labute approximate surface area is 193 Å². The highest BCUT2D eigenvalue weighted by Gasteiger charge is 2.33. The summed E-state index contributed by atoms with van der Waals surface area (Å²) in [5.41, 5.74) is 1.86. The molecule has 32 heavy (non-hydrogen) atoms. The first kappa shape index (κ1) is 23.6. The molecule has 7 heteroatoms. The van der Waals surface area contributed by atoms with Crippen LogP contribution in [0.25, 0.3) is 6.08 Å². The average Bonchev–Trinajstić information content (AvgIpc) is 3.02. The van der Waals surface area contributed by atoms with Crippen molar-refractivity contribution >= 4 is 34.8 Å². The molecule has 0 aliphatic carbocycles. The lowest BCUT2D eigenvalue weighted by atomic mass is 10.1. The molecular formula is C25H29N3O3S. The van der Waals surface area contributed by atoms with Gasteiger partial charge in [-0.15, -0.1) is 0 Å². The van der Waals surface area contributed by atoms with Crippen molar-refractivity contribution in [2.75, 3.05) is 7.11 Å². The molecule has 2 aromatic rings. The van der Waals surface area contributed by atoms with Crippen molar-refractivity contribution in [1.82, 2.24) is 10.2 Å². The van der Waals surface area contributed by atoms with E-state index in [4.69, 9.17) is 4.74 Å². The van der Waals surface area contributed by atoms with Gasteiger partial charge in [-0.3, -0.25) is 14.5 Å². The van der Waals surface area contributed by atoms with E-state index in [1.807, 2.05) is 82.3 Å². The van der Waals surface area contributed by atoms with Gasteiger partial charge in [0.2, 0.25) is 5.91 Å². The van der Waals surface area contributed by atoms with Crippen molar-refractivity contribution in [3.63, 3.8) is 0 Å². The first-order valence-electron chi connectivity index (χ1n) is 10.5. The van der Waals surface area contributed by atoms with Crippen LogP contribution >= 0.6 is 11.8 Å². The predicted octanol–water partition coefficient (Wildman–Crippen LogP) is 4.47. The van der Waals surface area contributed by atoms with Crippen molar-refractivity contribution in [2.24, 2.45) is 4.99 Å². The Hall–Kier alpha value is -3.06. The van der Waals surface area contributed by atoms with E-state index in [1.165, 1.54) is 11.8 Å². The lowest BCUT2D eigenvalue weighted by molar-refractivity contribution is -0.123. The van der Waals surface area contributed by atoms with Gasteiger partial charge < -0.3 is 10.1 Å². The van der Waals surface area contributed by atoms with Crippen molar-refractivity contribution in [1.29, 1.82) is 0 Å². The zero-order valence-electron chi connectivity index (χ0n) is 19.1. The minimum atomic E-state index is -0.403. The Morgan fingerprint density at radius 1 is 1.16 bits per heavy atom. The number of hydrogen-bond donors (Lipinski definition) is 1. The zero-order chi connectivity index (χ0) is 23.3. The van der Waals surface area contributed by atoms with E-state index in [0.717, 1.165) is 16.9 Å². The van der Waals surface area contributed by atoms with Crippen LogP contribution in [0.3, 0.4) is 0 Å². The third-order valence-corrected chi connectivity index (χ3v) is 5.75. The van der Waals surface area contributed by atoms with Gasteiger partial charge >= 0.3 is 0 Å². The lowest BCUT2D eigenvalue weighted by Crippen LogP contribution is -2.45. The molecule has 3 rings (SSSR count). The Bertz CT molecular complexity index is 1020. The Morgan fingerprint density at radius 2 is 1.81 bits per heavy atom. The number of nitrogens with zero attached hydrogens (tertiary/aromatic N) is 2. The Balaban J connectivity index is 1.87. The number of ether oxygens (including phenoxy) is 1. The molecular weight excluding hydrogens is 422 g/mol. The van der Waals surface area contributed by atoms with E-state index in [0.29, 0.717) is 17.4 Å². The number of hydrogen-bond acceptors (Lipinski definition) is 5. The highest BCUT2D eigenvalue weighted by molar-refractivity contribution is 8.14. The Kier molecular flexibility index (Phi) is 7.40. The second-order valence-electron chi connectivity index (χ2n) is 8.57. The summed E-state index contributed by atoms with van der Waals surface area (Å²) in [5, 5.41) is 3.11. The quantitative estimate of drug-likeness (QED) is 0.658. The maximum atomic E-state index is 13.2. The van der Waals surface area contributed by atoms with Crippen LogP contribution in [0, 0.1) is 0 Å². The molecule has 0 spiro atoms. The molecule has 1 heterocycles. The summed E-state index contributed by atoms with van der Waals surface area (Å²) in [6.07, 6.45) is 1.76. The van der Waals surface area contributed by atoms with Gasteiger partial charge in [0, 0.05) is 5.54 Å².